The lowest BCUT2D eigenvalue weighted by Gasteiger charge is -2.15. The van der Waals surface area contributed by atoms with Gasteiger partial charge in [0.25, 0.3) is 0 Å². The van der Waals surface area contributed by atoms with Crippen LogP contribution in [0.15, 0.2) is 16.7 Å². The van der Waals surface area contributed by atoms with Crippen molar-refractivity contribution in [3.05, 3.63) is 27.3 Å². The first-order chi connectivity index (χ1) is 11.2. The number of thiophene rings is 1. The summed E-state index contributed by atoms with van der Waals surface area (Å²) in [5, 5.41) is 4.41. The highest BCUT2D eigenvalue weighted by Gasteiger charge is 2.19. The number of carbonyl (C=O) groups excluding carboxylic acids is 1. The van der Waals surface area contributed by atoms with Crippen LogP contribution >= 0.6 is 27.3 Å². The summed E-state index contributed by atoms with van der Waals surface area (Å²) in [6.45, 7) is 10.2. The first kappa shape index (κ1) is 19.4. The average Bonchev–Trinajstić information content (AvgIpc) is 3.05. The minimum Gasteiger partial charge on any atom is -0.465 e. The summed E-state index contributed by atoms with van der Waals surface area (Å²) in [7, 11) is 0.308. The third-order valence-electron chi connectivity index (χ3n) is 3.64. The Balaban J connectivity index is 2.08. The number of aromatic nitrogens is 2. The minimum atomic E-state index is -1.08. The van der Waals surface area contributed by atoms with Crippen molar-refractivity contribution in [1.29, 1.82) is 0 Å². The summed E-state index contributed by atoms with van der Waals surface area (Å²) in [4.78, 5) is 13.3. The van der Waals surface area contributed by atoms with Crippen LogP contribution in [0.5, 0.6) is 0 Å². The zero-order chi connectivity index (χ0) is 17.9. The van der Waals surface area contributed by atoms with E-state index in [2.05, 4.69) is 40.7 Å². The van der Waals surface area contributed by atoms with Crippen molar-refractivity contribution < 1.29 is 14.3 Å². The molecule has 2 aromatic rings. The summed E-state index contributed by atoms with van der Waals surface area (Å²) in [6.07, 6.45) is 1.82. The third kappa shape index (κ3) is 4.78. The van der Waals surface area contributed by atoms with E-state index in [9.17, 15) is 4.79 Å². The second-order valence-corrected chi connectivity index (χ2v) is 14.3. The van der Waals surface area contributed by atoms with Gasteiger partial charge in [-0.2, -0.15) is 5.10 Å². The van der Waals surface area contributed by atoms with E-state index in [1.165, 1.54) is 18.4 Å². The molecule has 0 fully saturated rings. The van der Waals surface area contributed by atoms with E-state index in [1.54, 1.807) is 0 Å². The molecule has 0 spiro atoms. The predicted molar refractivity (Wildman–Crippen MR) is 103 cm³/mol. The summed E-state index contributed by atoms with van der Waals surface area (Å²) in [5.41, 5.74) is 2.03. The van der Waals surface area contributed by atoms with Crippen LogP contribution in [0.4, 0.5) is 0 Å². The van der Waals surface area contributed by atoms with E-state index in [1.807, 2.05) is 23.9 Å². The van der Waals surface area contributed by atoms with Gasteiger partial charge in [0, 0.05) is 35.3 Å². The lowest BCUT2D eigenvalue weighted by atomic mass is 10.2. The first-order valence-corrected chi connectivity index (χ1v) is 13.0. The molecule has 5 nitrogen and oxygen atoms in total. The fraction of sp³-hybridized carbons (Fsp3) is 0.500. The standard InChI is InChI=1S/C16H23BrN2O3SSi/c1-11-12(14-8-13(17)15(23-14)16(20)21-2)9-18-19(11)10-22-6-7-24(3,4)5/h8-9H,6-7,10H2,1-5H3. The molecule has 0 saturated carbocycles. The number of esters is 1. The number of hydrogen-bond acceptors (Lipinski definition) is 5. The number of carbonyl (C=O) groups is 1. The van der Waals surface area contributed by atoms with E-state index >= 15 is 0 Å². The van der Waals surface area contributed by atoms with E-state index in [-0.39, 0.29) is 5.97 Å². The van der Waals surface area contributed by atoms with Crippen LogP contribution in [-0.4, -0.2) is 37.5 Å². The van der Waals surface area contributed by atoms with Crippen LogP contribution in [0.25, 0.3) is 10.4 Å². The predicted octanol–water partition coefficient (Wildman–Crippen LogP) is 4.78. The van der Waals surface area contributed by atoms with Crippen molar-refractivity contribution in [3.63, 3.8) is 0 Å². The number of nitrogens with zero attached hydrogens (tertiary/aromatic N) is 2. The molecular formula is C16H23BrN2O3SSi. The lowest BCUT2D eigenvalue weighted by molar-refractivity contribution is 0.0605. The molecule has 0 aliphatic rings. The molecular weight excluding hydrogens is 408 g/mol. The smallest absolute Gasteiger partial charge is 0.349 e. The van der Waals surface area contributed by atoms with Gasteiger partial charge in [-0.05, 0) is 35.0 Å². The molecule has 0 saturated heterocycles. The largest absolute Gasteiger partial charge is 0.465 e. The molecule has 2 heterocycles. The fourth-order valence-electron chi connectivity index (χ4n) is 2.08. The molecule has 132 valence electrons. The van der Waals surface area contributed by atoms with E-state index < -0.39 is 8.07 Å². The fourth-order valence-corrected chi connectivity index (χ4v) is 4.65. The Morgan fingerprint density at radius 2 is 2.12 bits per heavy atom. The van der Waals surface area contributed by atoms with Gasteiger partial charge in [-0.25, -0.2) is 9.48 Å². The zero-order valence-electron chi connectivity index (χ0n) is 14.7. The maximum absolute atomic E-state index is 11.7. The van der Waals surface area contributed by atoms with Gasteiger partial charge in [-0.3, -0.25) is 0 Å². The number of rotatable bonds is 7. The molecule has 0 unspecified atom stereocenters. The van der Waals surface area contributed by atoms with Crippen molar-refractivity contribution in [2.45, 2.75) is 39.3 Å². The van der Waals surface area contributed by atoms with Crippen LogP contribution in [0, 0.1) is 6.92 Å². The normalized spacial score (nSPS) is 11.8. The molecule has 0 radical (unpaired) electrons. The first-order valence-electron chi connectivity index (χ1n) is 7.71. The Hall–Kier alpha value is -0.963. The number of methoxy groups -OCH3 is 1. The van der Waals surface area contributed by atoms with Crippen LogP contribution in [-0.2, 0) is 16.2 Å². The minimum absolute atomic E-state index is 0.335. The van der Waals surface area contributed by atoms with Gasteiger partial charge in [-0.1, -0.05) is 19.6 Å². The van der Waals surface area contributed by atoms with Gasteiger partial charge in [0.1, 0.15) is 11.6 Å². The van der Waals surface area contributed by atoms with E-state index in [4.69, 9.17) is 9.47 Å². The van der Waals surface area contributed by atoms with Crippen LogP contribution in [0.3, 0.4) is 0 Å². The highest BCUT2D eigenvalue weighted by Crippen LogP contribution is 2.36. The molecule has 0 N–H and O–H groups in total. The molecule has 24 heavy (non-hydrogen) atoms. The third-order valence-corrected chi connectivity index (χ3v) is 7.38. The average molecular weight is 431 g/mol. The van der Waals surface area contributed by atoms with Crippen LogP contribution in [0.1, 0.15) is 15.4 Å². The van der Waals surface area contributed by atoms with Gasteiger partial charge in [0.2, 0.25) is 0 Å². The number of hydrogen-bond donors (Lipinski definition) is 0. The molecule has 0 aromatic carbocycles. The molecule has 0 bridgehead atoms. The molecule has 0 aliphatic heterocycles. The van der Waals surface area contributed by atoms with Gasteiger partial charge in [-0.15, -0.1) is 11.3 Å². The molecule has 8 heteroatoms. The number of ether oxygens (including phenoxy) is 2. The molecule has 0 amide bonds. The molecule has 2 rings (SSSR count). The highest BCUT2D eigenvalue weighted by molar-refractivity contribution is 9.10. The maximum atomic E-state index is 11.7. The topological polar surface area (TPSA) is 53.3 Å². The summed E-state index contributed by atoms with van der Waals surface area (Å²) in [6, 6.07) is 3.07. The SMILES string of the molecule is COC(=O)c1sc(-c2cnn(COCC[Si](C)(C)C)c2C)cc1Br. The second kappa shape index (κ2) is 7.94. The molecule has 0 aliphatic carbocycles. The van der Waals surface area contributed by atoms with Gasteiger partial charge < -0.3 is 9.47 Å². The van der Waals surface area contributed by atoms with Crippen molar-refractivity contribution in [1.82, 2.24) is 9.78 Å². The molecule has 0 atom stereocenters. The second-order valence-electron chi connectivity index (χ2n) is 6.77. The Morgan fingerprint density at radius 3 is 2.75 bits per heavy atom. The Labute approximate surface area is 156 Å². The van der Waals surface area contributed by atoms with Gasteiger partial charge >= 0.3 is 5.97 Å². The maximum Gasteiger partial charge on any atom is 0.349 e. The summed E-state index contributed by atoms with van der Waals surface area (Å²) in [5.74, 6) is -0.335. The Kier molecular flexibility index (Phi) is 6.41. The monoisotopic (exact) mass is 430 g/mol. The van der Waals surface area contributed by atoms with E-state index in [0.29, 0.717) is 11.6 Å². The number of halogens is 1. The lowest BCUT2D eigenvalue weighted by Crippen LogP contribution is -2.22. The van der Waals surface area contributed by atoms with Crippen LogP contribution in [0.2, 0.25) is 25.7 Å². The van der Waals surface area contributed by atoms with Gasteiger partial charge in [0.15, 0.2) is 0 Å². The summed E-state index contributed by atoms with van der Waals surface area (Å²) < 4.78 is 13.2. The van der Waals surface area contributed by atoms with Crippen molar-refractivity contribution >= 4 is 41.3 Å². The Bertz CT molecular complexity index is 721. The van der Waals surface area contributed by atoms with Crippen molar-refractivity contribution in [2.24, 2.45) is 0 Å². The molecule has 2 aromatic heterocycles. The highest BCUT2D eigenvalue weighted by atomic mass is 79.9. The Morgan fingerprint density at radius 1 is 1.42 bits per heavy atom. The zero-order valence-corrected chi connectivity index (χ0v) is 18.1. The van der Waals surface area contributed by atoms with Crippen molar-refractivity contribution in [2.75, 3.05) is 13.7 Å². The van der Waals surface area contributed by atoms with Gasteiger partial charge in [0.05, 0.1) is 13.3 Å². The summed E-state index contributed by atoms with van der Waals surface area (Å²) >= 11 is 4.81. The quantitative estimate of drug-likeness (QED) is 0.360. The van der Waals surface area contributed by atoms with Crippen LogP contribution < -0.4 is 0 Å². The van der Waals surface area contributed by atoms with E-state index in [0.717, 1.165) is 33.3 Å². The van der Waals surface area contributed by atoms with Crippen molar-refractivity contribution in [3.8, 4) is 10.4 Å².